The lowest BCUT2D eigenvalue weighted by Crippen LogP contribution is -2.59. The lowest BCUT2D eigenvalue weighted by atomic mass is 9.96. The largest absolute Gasteiger partial charge is 0.394 e. The predicted octanol–water partition coefficient (Wildman–Crippen LogP) is -0.459. The maximum absolute atomic E-state index is 13.8. The Morgan fingerprint density at radius 1 is 1.02 bits per heavy atom. The van der Waals surface area contributed by atoms with Crippen LogP contribution in [0.3, 0.4) is 0 Å². The van der Waals surface area contributed by atoms with Crippen LogP contribution in [0.1, 0.15) is 48.8 Å². The molecule has 1 aromatic carbocycles. The Labute approximate surface area is 283 Å². The number of aryl methyl sites for hydroxylation is 2. The number of nitrogens with zero attached hydrogens (tertiary/aromatic N) is 3. The quantitative estimate of drug-likeness (QED) is 0.0909. The molecule has 7 N–H and O–H groups in total. The van der Waals surface area contributed by atoms with E-state index >= 15 is 0 Å². The Balaban J connectivity index is 1.55. The lowest BCUT2D eigenvalue weighted by Gasteiger charge is -2.38. The molecule has 0 aliphatic carbocycles. The number of aliphatic hydroxyl groups is 4. The molecule has 4 rings (SSSR count). The third-order valence-electron chi connectivity index (χ3n) is 8.67. The minimum atomic E-state index is -1.63. The SMILES string of the molecule is CCC(C)C(NC(=O)c1cn(CC)c2nc(C)ccc2c1=O)C(=O)NC(Cc1ccccc1)C(=O)N/N=C/C1O[C@H](CO)[C@@H](O)[C@H](O)[C@@H]1O. The van der Waals surface area contributed by atoms with Crippen LogP contribution in [0.2, 0.25) is 0 Å². The number of aromatic nitrogens is 2. The highest BCUT2D eigenvalue weighted by Crippen LogP contribution is 2.20. The molecule has 264 valence electrons. The van der Waals surface area contributed by atoms with Crippen molar-refractivity contribution in [2.24, 2.45) is 11.0 Å². The molecule has 2 aromatic heterocycles. The summed E-state index contributed by atoms with van der Waals surface area (Å²) in [5.41, 5.74) is 3.51. The van der Waals surface area contributed by atoms with Crippen LogP contribution in [0.25, 0.3) is 11.0 Å². The Morgan fingerprint density at radius 2 is 1.73 bits per heavy atom. The van der Waals surface area contributed by atoms with Gasteiger partial charge in [-0.1, -0.05) is 50.6 Å². The summed E-state index contributed by atoms with van der Waals surface area (Å²) in [6.45, 7) is 7.08. The molecule has 15 heteroatoms. The van der Waals surface area contributed by atoms with E-state index in [0.717, 1.165) is 6.21 Å². The zero-order valence-corrected chi connectivity index (χ0v) is 27.8. The van der Waals surface area contributed by atoms with E-state index in [1.54, 1.807) is 60.9 Å². The Hall–Kier alpha value is -4.54. The van der Waals surface area contributed by atoms with Gasteiger partial charge in [0.1, 0.15) is 53.8 Å². The van der Waals surface area contributed by atoms with Gasteiger partial charge in [-0.2, -0.15) is 5.10 Å². The van der Waals surface area contributed by atoms with Crippen molar-refractivity contribution in [1.82, 2.24) is 25.6 Å². The fourth-order valence-electron chi connectivity index (χ4n) is 5.51. The molecule has 49 heavy (non-hydrogen) atoms. The fraction of sp³-hybridized carbons (Fsp3) is 0.471. The molecule has 8 atom stereocenters. The number of aliphatic hydroxyl groups excluding tert-OH is 4. The molecule has 1 fully saturated rings. The summed E-state index contributed by atoms with van der Waals surface area (Å²) in [5, 5.41) is 49.3. The minimum Gasteiger partial charge on any atom is -0.394 e. The lowest BCUT2D eigenvalue weighted by molar-refractivity contribution is -0.210. The number of benzene rings is 1. The number of pyridine rings is 2. The van der Waals surface area contributed by atoms with Crippen molar-refractivity contribution >= 4 is 35.0 Å². The van der Waals surface area contributed by atoms with E-state index in [4.69, 9.17) is 4.74 Å². The molecular weight excluding hydrogens is 636 g/mol. The van der Waals surface area contributed by atoms with Gasteiger partial charge in [-0.25, -0.2) is 10.4 Å². The van der Waals surface area contributed by atoms with Crippen molar-refractivity contribution in [2.75, 3.05) is 6.61 Å². The molecule has 3 aromatic rings. The molecule has 0 radical (unpaired) electrons. The van der Waals surface area contributed by atoms with Gasteiger partial charge >= 0.3 is 0 Å². The van der Waals surface area contributed by atoms with Crippen LogP contribution < -0.4 is 21.5 Å². The van der Waals surface area contributed by atoms with E-state index in [9.17, 15) is 39.6 Å². The van der Waals surface area contributed by atoms with Crippen LogP contribution >= 0.6 is 0 Å². The molecular formula is C34H44N6O9. The monoisotopic (exact) mass is 680 g/mol. The molecule has 15 nitrogen and oxygen atoms in total. The Bertz CT molecular complexity index is 1710. The first-order valence-electron chi connectivity index (χ1n) is 16.2. The molecule has 1 aliphatic rings. The molecule has 4 unspecified atom stereocenters. The molecule has 0 saturated carbocycles. The van der Waals surface area contributed by atoms with E-state index in [2.05, 4.69) is 26.1 Å². The Kier molecular flexibility index (Phi) is 12.7. The van der Waals surface area contributed by atoms with Crippen LogP contribution in [0.4, 0.5) is 0 Å². The first kappa shape index (κ1) is 37.3. The van der Waals surface area contributed by atoms with E-state index in [0.29, 0.717) is 29.9 Å². The van der Waals surface area contributed by atoms with Gasteiger partial charge in [0, 0.05) is 24.9 Å². The van der Waals surface area contributed by atoms with Crippen molar-refractivity contribution < 1.29 is 39.5 Å². The zero-order valence-electron chi connectivity index (χ0n) is 27.8. The molecule has 3 amide bonds. The second-order valence-corrected chi connectivity index (χ2v) is 12.1. The fourth-order valence-corrected chi connectivity index (χ4v) is 5.51. The first-order valence-corrected chi connectivity index (χ1v) is 16.2. The van der Waals surface area contributed by atoms with Crippen LogP contribution in [0, 0.1) is 12.8 Å². The van der Waals surface area contributed by atoms with E-state index in [1.807, 2.05) is 13.8 Å². The topological polar surface area (TPSA) is 225 Å². The number of rotatable bonds is 13. The van der Waals surface area contributed by atoms with Crippen molar-refractivity contribution in [1.29, 1.82) is 0 Å². The van der Waals surface area contributed by atoms with Gasteiger partial charge in [-0.3, -0.25) is 19.2 Å². The molecule has 0 spiro atoms. The number of hydrazone groups is 1. The zero-order chi connectivity index (χ0) is 35.8. The van der Waals surface area contributed by atoms with E-state index < -0.39 is 78.3 Å². The number of carbonyl (C=O) groups is 3. The summed E-state index contributed by atoms with van der Waals surface area (Å²) in [4.78, 5) is 58.6. The highest BCUT2D eigenvalue weighted by molar-refractivity contribution is 6.00. The number of nitrogens with one attached hydrogen (secondary N) is 3. The smallest absolute Gasteiger partial charge is 0.262 e. The van der Waals surface area contributed by atoms with Gasteiger partial charge in [0.2, 0.25) is 11.3 Å². The average Bonchev–Trinajstić information content (AvgIpc) is 3.10. The Morgan fingerprint density at radius 3 is 2.39 bits per heavy atom. The van der Waals surface area contributed by atoms with Crippen molar-refractivity contribution in [3.63, 3.8) is 0 Å². The number of ether oxygens (including phenoxy) is 1. The second-order valence-electron chi connectivity index (χ2n) is 12.1. The van der Waals surface area contributed by atoms with Gasteiger partial charge in [0.05, 0.1) is 18.2 Å². The third kappa shape index (κ3) is 8.74. The highest BCUT2D eigenvalue weighted by atomic mass is 16.5. The van der Waals surface area contributed by atoms with E-state index in [-0.39, 0.29) is 17.4 Å². The van der Waals surface area contributed by atoms with Gasteiger partial charge in [-0.15, -0.1) is 0 Å². The first-order chi connectivity index (χ1) is 23.4. The molecule has 1 saturated heterocycles. The van der Waals surface area contributed by atoms with Gasteiger partial charge in [0.25, 0.3) is 11.8 Å². The predicted molar refractivity (Wildman–Crippen MR) is 180 cm³/mol. The second kappa shape index (κ2) is 16.7. The average molecular weight is 681 g/mol. The minimum absolute atomic E-state index is 0.0491. The molecule has 1 aliphatic heterocycles. The third-order valence-corrected chi connectivity index (χ3v) is 8.67. The van der Waals surface area contributed by atoms with Gasteiger partial charge in [-0.05, 0) is 37.5 Å². The van der Waals surface area contributed by atoms with Crippen LogP contribution in [0.5, 0.6) is 0 Å². The van der Waals surface area contributed by atoms with Crippen LogP contribution in [-0.2, 0) is 27.3 Å². The maximum Gasteiger partial charge on any atom is 0.262 e. The molecule has 3 heterocycles. The number of hydrogen-bond acceptors (Lipinski definition) is 11. The summed E-state index contributed by atoms with van der Waals surface area (Å²) in [6, 6.07) is 9.89. The van der Waals surface area contributed by atoms with Crippen LogP contribution in [0.15, 0.2) is 58.6 Å². The van der Waals surface area contributed by atoms with Gasteiger partial charge in [0.15, 0.2) is 0 Å². The number of amides is 3. The van der Waals surface area contributed by atoms with Crippen LogP contribution in [-0.4, -0.2) is 103 Å². The summed E-state index contributed by atoms with van der Waals surface area (Å²) in [6.07, 6.45) is -4.24. The normalized spacial score (nSPS) is 22.7. The van der Waals surface area contributed by atoms with Crippen molar-refractivity contribution in [2.45, 2.75) is 89.7 Å². The van der Waals surface area contributed by atoms with Crippen molar-refractivity contribution in [3.8, 4) is 0 Å². The summed E-state index contributed by atoms with van der Waals surface area (Å²) in [5.74, 6) is -2.55. The summed E-state index contributed by atoms with van der Waals surface area (Å²) < 4.78 is 7.08. The molecule has 0 bridgehead atoms. The number of fused-ring (bicyclic) bond motifs is 1. The maximum atomic E-state index is 13.8. The summed E-state index contributed by atoms with van der Waals surface area (Å²) >= 11 is 0. The van der Waals surface area contributed by atoms with Gasteiger partial charge < -0.3 is 40.4 Å². The summed E-state index contributed by atoms with van der Waals surface area (Å²) in [7, 11) is 0. The van der Waals surface area contributed by atoms with Crippen molar-refractivity contribution in [3.05, 3.63) is 75.7 Å². The standard InChI is InChI=1S/C34H44N6O9/c1-5-18(3)26(38-32(46)22-16-40(6-2)31-21(27(22)42)13-12-19(4)36-31)34(48)37-23(14-20-10-8-7-9-11-20)33(47)39-35-15-24-28(43)30(45)29(44)25(17-41)49-24/h7-13,15-16,18,23-26,28-30,41,43-45H,5-6,14,17H2,1-4H3,(H,37,48)(H,38,46)(H,39,47)/b35-15+/t18?,23?,24?,25-,26?,28-,29-,30-/m1/s1. The highest BCUT2D eigenvalue weighted by Gasteiger charge is 2.42. The van der Waals surface area contributed by atoms with E-state index in [1.165, 1.54) is 6.20 Å². The number of carbonyl (C=O) groups excluding carboxylic acids is 3. The number of hydrogen-bond donors (Lipinski definition) is 7.